The van der Waals surface area contributed by atoms with Crippen molar-refractivity contribution >= 4 is 11.8 Å². The van der Waals surface area contributed by atoms with Crippen LogP contribution in [0.5, 0.6) is 0 Å². The number of amides is 2. The highest BCUT2D eigenvalue weighted by Crippen LogP contribution is 2.31. The van der Waals surface area contributed by atoms with Gasteiger partial charge in [-0.05, 0) is 32.9 Å². The summed E-state index contributed by atoms with van der Waals surface area (Å²) in [6.07, 6.45) is 10.9. The molecular weight excluding hydrogens is 342 g/mol. The lowest BCUT2D eigenvalue weighted by atomic mass is 9.86. The van der Waals surface area contributed by atoms with Crippen molar-refractivity contribution in [2.45, 2.75) is 70.3 Å². The Hall–Kier alpha value is -0.980. The van der Waals surface area contributed by atoms with Gasteiger partial charge < -0.3 is 15.4 Å². The molecule has 27 heavy (non-hydrogen) atoms. The van der Waals surface area contributed by atoms with E-state index in [2.05, 4.69) is 4.90 Å². The molecule has 0 radical (unpaired) electrons. The van der Waals surface area contributed by atoms with E-state index in [-0.39, 0.29) is 22.3 Å². The fraction of sp³-hybridized carbons (Fsp3) is 0.905. The van der Waals surface area contributed by atoms with Gasteiger partial charge in [0.15, 0.2) is 6.04 Å². The van der Waals surface area contributed by atoms with E-state index in [1.807, 2.05) is 14.1 Å². The van der Waals surface area contributed by atoms with Gasteiger partial charge in [0, 0.05) is 19.4 Å². The van der Waals surface area contributed by atoms with Gasteiger partial charge in [-0.2, -0.15) is 0 Å². The highest BCUT2D eigenvalue weighted by atomic mass is 16.5. The summed E-state index contributed by atoms with van der Waals surface area (Å²) in [6.45, 7) is 3.31. The number of nitrogens with two attached hydrogens (primary N) is 1. The number of carbonyl (C=O) groups is 2. The lowest BCUT2D eigenvalue weighted by Gasteiger charge is -2.36. The Bertz CT molecular complexity index is 477. The van der Waals surface area contributed by atoms with E-state index < -0.39 is 0 Å². The quantitative estimate of drug-likeness (QED) is 0.440. The van der Waals surface area contributed by atoms with Crippen LogP contribution in [0.15, 0.2) is 0 Å². The molecule has 6 heteroatoms. The molecule has 0 bridgehead atoms. The zero-order chi connectivity index (χ0) is 19.7. The Morgan fingerprint density at radius 1 is 1.07 bits per heavy atom. The van der Waals surface area contributed by atoms with Crippen LogP contribution in [0.4, 0.5) is 0 Å². The molecule has 1 saturated heterocycles. The van der Waals surface area contributed by atoms with E-state index in [0.717, 1.165) is 44.7 Å². The number of likely N-dealkylation sites (tertiary alicyclic amines) is 1. The molecule has 156 valence electrons. The molecule has 1 aliphatic heterocycles. The van der Waals surface area contributed by atoms with Gasteiger partial charge in [0.1, 0.15) is 6.54 Å². The summed E-state index contributed by atoms with van der Waals surface area (Å²) in [5.74, 6) is 0.657. The molecule has 0 spiro atoms. The molecule has 2 amide bonds. The van der Waals surface area contributed by atoms with Crippen molar-refractivity contribution < 1.29 is 18.8 Å². The van der Waals surface area contributed by atoms with E-state index in [4.69, 9.17) is 10.5 Å². The van der Waals surface area contributed by atoms with Crippen molar-refractivity contribution in [1.82, 2.24) is 4.90 Å². The minimum Gasteiger partial charge on any atom is -0.374 e. The Kier molecular flexibility index (Phi) is 9.19. The Morgan fingerprint density at radius 3 is 2.48 bits per heavy atom. The van der Waals surface area contributed by atoms with Gasteiger partial charge in [0.2, 0.25) is 0 Å². The maximum atomic E-state index is 13.2. The zero-order valence-electron chi connectivity index (χ0n) is 17.5. The monoisotopic (exact) mass is 382 g/mol. The third kappa shape index (κ3) is 6.54. The average molecular weight is 383 g/mol. The maximum absolute atomic E-state index is 13.2. The normalized spacial score (nSPS) is 26.6. The maximum Gasteiger partial charge on any atom is 0.314 e. The first-order valence-corrected chi connectivity index (χ1v) is 10.9. The number of ether oxygens (including phenoxy) is 1. The smallest absolute Gasteiger partial charge is 0.314 e. The molecule has 2 N–H and O–H groups in total. The Morgan fingerprint density at radius 2 is 1.81 bits per heavy atom. The van der Waals surface area contributed by atoms with Gasteiger partial charge in [0.05, 0.1) is 26.2 Å². The van der Waals surface area contributed by atoms with Crippen molar-refractivity contribution in [2.75, 3.05) is 46.9 Å². The number of quaternary nitrogens is 1. The zero-order valence-corrected chi connectivity index (χ0v) is 17.5. The standard InChI is InChI=1S/C21H39N3O3/c1-23(2)13-16-27-17-15-24(14-7-11-19(24)21(22)26)20(25)12-6-10-18-8-4-3-5-9-18/h18-19H,3-17H2,1-2H3,(H-,22,26)/p+1. The van der Waals surface area contributed by atoms with Crippen LogP contribution in [0.3, 0.4) is 0 Å². The van der Waals surface area contributed by atoms with Crippen LogP contribution in [-0.2, 0) is 14.3 Å². The topological polar surface area (TPSA) is 72.6 Å². The minimum atomic E-state index is -0.371. The number of hydrogen-bond donors (Lipinski definition) is 1. The predicted octanol–water partition coefficient (Wildman–Crippen LogP) is 2.31. The van der Waals surface area contributed by atoms with Crippen molar-refractivity contribution in [3.05, 3.63) is 0 Å². The second-order valence-electron chi connectivity index (χ2n) is 8.75. The first-order valence-electron chi connectivity index (χ1n) is 10.9. The SMILES string of the molecule is CN(C)CCOCC[N+]1(C(=O)CCCC2CCCCC2)CCCC1C(N)=O. The first-order chi connectivity index (χ1) is 13.0. The molecule has 2 atom stereocenters. The summed E-state index contributed by atoms with van der Waals surface area (Å²) in [6, 6.07) is -0.371. The van der Waals surface area contributed by atoms with E-state index in [0.29, 0.717) is 26.2 Å². The summed E-state index contributed by atoms with van der Waals surface area (Å²) in [5.41, 5.74) is 5.67. The molecule has 1 aliphatic carbocycles. The molecular formula is C21H40N3O3+. The van der Waals surface area contributed by atoms with Crippen molar-refractivity contribution in [3.8, 4) is 0 Å². The van der Waals surface area contributed by atoms with Crippen LogP contribution in [-0.4, -0.2) is 74.2 Å². The van der Waals surface area contributed by atoms with Crippen LogP contribution in [0, 0.1) is 5.92 Å². The molecule has 2 unspecified atom stereocenters. The summed E-state index contributed by atoms with van der Waals surface area (Å²) in [7, 11) is 4.02. The Labute approximate surface area is 165 Å². The molecule has 0 aromatic rings. The Balaban J connectivity index is 1.88. The van der Waals surface area contributed by atoms with Gasteiger partial charge in [-0.3, -0.25) is 4.79 Å². The van der Waals surface area contributed by atoms with Crippen LogP contribution in [0.2, 0.25) is 0 Å². The second kappa shape index (κ2) is 11.1. The molecule has 1 saturated carbocycles. The summed E-state index contributed by atoms with van der Waals surface area (Å²) in [4.78, 5) is 27.3. The number of rotatable bonds is 11. The number of nitrogens with zero attached hydrogens (tertiary/aromatic N) is 2. The summed E-state index contributed by atoms with van der Waals surface area (Å²) < 4.78 is 5.97. The second-order valence-corrected chi connectivity index (χ2v) is 8.75. The predicted molar refractivity (Wildman–Crippen MR) is 107 cm³/mol. The molecule has 2 aliphatic rings. The number of hydrogen-bond acceptors (Lipinski definition) is 4. The van der Waals surface area contributed by atoms with Crippen LogP contribution < -0.4 is 5.73 Å². The van der Waals surface area contributed by atoms with E-state index >= 15 is 0 Å². The number of likely N-dealkylation sites (N-methyl/N-ethyl adjacent to an activating group) is 1. The van der Waals surface area contributed by atoms with E-state index in [9.17, 15) is 9.59 Å². The largest absolute Gasteiger partial charge is 0.374 e. The number of primary amides is 1. The van der Waals surface area contributed by atoms with Crippen molar-refractivity contribution in [3.63, 3.8) is 0 Å². The lowest BCUT2D eigenvalue weighted by Crippen LogP contribution is -2.61. The third-order valence-electron chi connectivity index (χ3n) is 6.50. The molecule has 6 nitrogen and oxygen atoms in total. The molecule has 2 fully saturated rings. The van der Waals surface area contributed by atoms with Gasteiger partial charge in [-0.15, -0.1) is 0 Å². The van der Waals surface area contributed by atoms with E-state index in [1.165, 1.54) is 32.1 Å². The molecule has 2 rings (SSSR count). The minimum absolute atomic E-state index is 0.198. The van der Waals surface area contributed by atoms with E-state index in [1.54, 1.807) is 0 Å². The van der Waals surface area contributed by atoms with Crippen molar-refractivity contribution in [2.24, 2.45) is 11.7 Å². The number of carbonyl (C=O) groups excluding carboxylic acids is 2. The van der Waals surface area contributed by atoms with Crippen LogP contribution >= 0.6 is 0 Å². The van der Waals surface area contributed by atoms with Gasteiger partial charge in [-0.1, -0.05) is 32.1 Å². The average Bonchev–Trinajstić information content (AvgIpc) is 3.07. The highest BCUT2D eigenvalue weighted by Gasteiger charge is 2.50. The fourth-order valence-electron chi connectivity index (χ4n) is 4.86. The molecule has 0 aromatic carbocycles. The van der Waals surface area contributed by atoms with Crippen LogP contribution in [0.25, 0.3) is 0 Å². The van der Waals surface area contributed by atoms with Crippen LogP contribution in [0.1, 0.15) is 64.2 Å². The lowest BCUT2D eigenvalue weighted by molar-refractivity contribution is -0.858. The van der Waals surface area contributed by atoms with Gasteiger partial charge >= 0.3 is 5.91 Å². The third-order valence-corrected chi connectivity index (χ3v) is 6.50. The molecule has 1 heterocycles. The highest BCUT2D eigenvalue weighted by molar-refractivity contribution is 5.82. The van der Waals surface area contributed by atoms with Gasteiger partial charge in [0.25, 0.3) is 5.91 Å². The van der Waals surface area contributed by atoms with Gasteiger partial charge in [-0.25, -0.2) is 9.28 Å². The van der Waals surface area contributed by atoms with Crippen molar-refractivity contribution in [1.29, 1.82) is 0 Å². The molecule has 0 aromatic heterocycles. The first kappa shape index (κ1) is 22.3. The summed E-state index contributed by atoms with van der Waals surface area (Å²) >= 11 is 0. The summed E-state index contributed by atoms with van der Waals surface area (Å²) in [5, 5.41) is 0. The fourth-order valence-corrected chi connectivity index (χ4v) is 4.86.